The second-order valence-electron chi connectivity index (χ2n) is 4.28. The van der Waals surface area contributed by atoms with E-state index in [-0.39, 0.29) is 0 Å². The third kappa shape index (κ3) is 1.43. The molecule has 0 bridgehead atoms. The maximum atomic E-state index is 11.4. The zero-order valence-electron chi connectivity index (χ0n) is 9.61. The van der Waals surface area contributed by atoms with Crippen LogP contribution in [-0.2, 0) is 14.9 Å². The number of aliphatic hydroxyl groups excluding tert-OH is 1. The maximum Gasteiger partial charge on any atom is 0.335 e. The number of aliphatic hydroxyl groups is 1. The summed E-state index contributed by atoms with van der Waals surface area (Å²) in [6, 6.07) is 0. The van der Waals surface area contributed by atoms with Crippen LogP contribution in [0.25, 0.3) is 0 Å². The second kappa shape index (κ2) is 3.59. The molecule has 0 radical (unpaired) electrons. The van der Waals surface area contributed by atoms with E-state index in [1.807, 2.05) is 6.92 Å². The monoisotopic (exact) mass is 225 g/mol. The Kier molecular flexibility index (Phi) is 2.50. The summed E-state index contributed by atoms with van der Waals surface area (Å²) in [6.45, 7) is 3.61. The first-order valence-electron chi connectivity index (χ1n) is 5.22. The molecule has 1 aromatic heterocycles. The molecule has 1 aliphatic carbocycles. The molecular weight excluding hydrogens is 210 g/mol. The number of aryl methyl sites for hydroxylation is 2. The lowest BCUT2D eigenvalue weighted by molar-refractivity contribution is -0.152. The number of hydrogen-bond donors (Lipinski definition) is 1. The number of carbonyl (C=O) groups is 1. The zero-order valence-corrected chi connectivity index (χ0v) is 9.61. The molecule has 1 aliphatic rings. The number of ether oxygens (including phenoxy) is 1. The summed E-state index contributed by atoms with van der Waals surface area (Å²) in [5.41, 5.74) is 1.05. The number of esters is 1. The van der Waals surface area contributed by atoms with E-state index in [4.69, 9.17) is 4.52 Å². The quantitative estimate of drug-likeness (QED) is 0.772. The molecule has 1 unspecified atom stereocenters. The van der Waals surface area contributed by atoms with E-state index in [0.717, 1.165) is 24.1 Å². The molecular formula is C11H15NO4. The van der Waals surface area contributed by atoms with E-state index in [9.17, 15) is 9.90 Å². The van der Waals surface area contributed by atoms with Gasteiger partial charge in [0, 0.05) is 11.0 Å². The Balaban J connectivity index is 2.37. The van der Waals surface area contributed by atoms with E-state index in [1.165, 1.54) is 7.11 Å². The highest BCUT2D eigenvalue weighted by atomic mass is 16.5. The Labute approximate surface area is 93.4 Å². The summed E-state index contributed by atoms with van der Waals surface area (Å²) in [5.74, 6) is 0.0652. The minimum atomic E-state index is -1.13. The summed E-state index contributed by atoms with van der Waals surface area (Å²) in [4.78, 5) is 11.4. The van der Waals surface area contributed by atoms with Crippen molar-refractivity contribution in [1.29, 1.82) is 0 Å². The first-order chi connectivity index (χ1) is 7.53. The van der Waals surface area contributed by atoms with Gasteiger partial charge in [0.15, 0.2) is 6.10 Å². The third-order valence-electron chi connectivity index (χ3n) is 3.27. The lowest BCUT2D eigenvalue weighted by Gasteiger charge is -2.19. The van der Waals surface area contributed by atoms with E-state index >= 15 is 0 Å². The van der Waals surface area contributed by atoms with Crippen molar-refractivity contribution in [3.05, 3.63) is 17.0 Å². The van der Waals surface area contributed by atoms with Crippen LogP contribution >= 0.6 is 0 Å². The van der Waals surface area contributed by atoms with Gasteiger partial charge in [-0.05, 0) is 26.7 Å². The molecule has 1 aromatic rings. The van der Waals surface area contributed by atoms with Gasteiger partial charge >= 0.3 is 5.97 Å². The Bertz CT molecular complexity index is 400. The van der Waals surface area contributed by atoms with Gasteiger partial charge in [-0.1, -0.05) is 5.16 Å². The lowest BCUT2D eigenvalue weighted by Crippen LogP contribution is -2.35. The summed E-state index contributed by atoms with van der Waals surface area (Å²) in [7, 11) is 1.27. The van der Waals surface area contributed by atoms with Gasteiger partial charge in [0.05, 0.1) is 12.8 Å². The molecule has 1 atom stereocenters. The largest absolute Gasteiger partial charge is 0.467 e. The molecule has 88 valence electrons. The van der Waals surface area contributed by atoms with Crippen LogP contribution in [0.15, 0.2) is 4.52 Å². The van der Waals surface area contributed by atoms with Crippen LogP contribution in [0.5, 0.6) is 0 Å². The maximum absolute atomic E-state index is 11.4. The Morgan fingerprint density at radius 1 is 1.56 bits per heavy atom. The summed E-state index contributed by atoms with van der Waals surface area (Å²) in [6.07, 6.45) is 0.382. The van der Waals surface area contributed by atoms with Crippen LogP contribution in [-0.4, -0.2) is 29.4 Å². The molecule has 1 fully saturated rings. The van der Waals surface area contributed by atoms with Gasteiger partial charge in [-0.2, -0.15) is 0 Å². The molecule has 1 heterocycles. The number of carbonyl (C=O) groups excluding carboxylic acids is 1. The summed E-state index contributed by atoms with van der Waals surface area (Å²) < 4.78 is 9.65. The molecule has 5 heteroatoms. The number of rotatable bonds is 3. The van der Waals surface area contributed by atoms with Crippen molar-refractivity contribution < 1.29 is 19.2 Å². The fraction of sp³-hybridized carbons (Fsp3) is 0.636. The Hall–Kier alpha value is -1.36. The average Bonchev–Trinajstić information content (AvgIpc) is 2.99. The predicted octanol–water partition coefficient (Wildman–Crippen LogP) is 0.857. The Morgan fingerprint density at radius 3 is 2.56 bits per heavy atom. The van der Waals surface area contributed by atoms with E-state index in [1.54, 1.807) is 6.92 Å². The van der Waals surface area contributed by atoms with Crippen molar-refractivity contribution >= 4 is 5.97 Å². The zero-order chi connectivity index (χ0) is 11.9. The van der Waals surface area contributed by atoms with Gasteiger partial charge in [0.1, 0.15) is 5.76 Å². The van der Waals surface area contributed by atoms with Gasteiger partial charge in [0.25, 0.3) is 0 Å². The molecule has 5 nitrogen and oxygen atoms in total. The highest BCUT2D eigenvalue weighted by molar-refractivity contribution is 5.77. The standard InChI is InChI=1S/C11H15NO4/c1-6-8(7(2)16-12-6)11(4-5-11)9(13)10(14)15-3/h9,13H,4-5H2,1-3H3. The van der Waals surface area contributed by atoms with Crippen molar-refractivity contribution in [2.45, 2.75) is 38.2 Å². The van der Waals surface area contributed by atoms with E-state index in [2.05, 4.69) is 9.89 Å². The molecule has 0 saturated heterocycles. The molecule has 0 aromatic carbocycles. The molecule has 0 aliphatic heterocycles. The van der Waals surface area contributed by atoms with E-state index in [0.29, 0.717) is 5.76 Å². The fourth-order valence-electron chi connectivity index (χ4n) is 2.33. The third-order valence-corrected chi connectivity index (χ3v) is 3.27. The predicted molar refractivity (Wildman–Crippen MR) is 54.9 cm³/mol. The normalized spacial score (nSPS) is 19.2. The topological polar surface area (TPSA) is 72.6 Å². The number of nitrogens with zero attached hydrogens (tertiary/aromatic N) is 1. The van der Waals surface area contributed by atoms with Crippen LogP contribution in [0.3, 0.4) is 0 Å². The van der Waals surface area contributed by atoms with Crippen molar-refractivity contribution in [2.24, 2.45) is 0 Å². The molecule has 0 amide bonds. The van der Waals surface area contributed by atoms with Crippen LogP contribution < -0.4 is 0 Å². The highest BCUT2D eigenvalue weighted by Crippen LogP contribution is 2.53. The van der Waals surface area contributed by atoms with Crippen LogP contribution in [0, 0.1) is 13.8 Å². The average molecular weight is 225 g/mol. The number of methoxy groups -OCH3 is 1. The summed E-state index contributed by atoms with van der Waals surface area (Å²) in [5, 5.41) is 13.8. The van der Waals surface area contributed by atoms with Crippen molar-refractivity contribution in [3.8, 4) is 0 Å². The van der Waals surface area contributed by atoms with Crippen molar-refractivity contribution in [2.75, 3.05) is 7.11 Å². The first kappa shape index (κ1) is 11.1. The Morgan fingerprint density at radius 2 is 2.19 bits per heavy atom. The van der Waals surface area contributed by atoms with Gasteiger partial charge in [0.2, 0.25) is 0 Å². The van der Waals surface area contributed by atoms with Crippen molar-refractivity contribution in [1.82, 2.24) is 5.16 Å². The minimum Gasteiger partial charge on any atom is -0.467 e. The van der Waals surface area contributed by atoms with Crippen LogP contribution in [0.2, 0.25) is 0 Å². The van der Waals surface area contributed by atoms with Gasteiger partial charge in [-0.3, -0.25) is 0 Å². The SMILES string of the molecule is COC(=O)C(O)C1(c2c(C)noc2C)CC1. The smallest absolute Gasteiger partial charge is 0.335 e. The summed E-state index contributed by atoms with van der Waals surface area (Å²) >= 11 is 0. The van der Waals surface area contributed by atoms with Crippen molar-refractivity contribution in [3.63, 3.8) is 0 Å². The highest BCUT2D eigenvalue weighted by Gasteiger charge is 2.56. The van der Waals surface area contributed by atoms with E-state index < -0.39 is 17.5 Å². The number of hydrogen-bond acceptors (Lipinski definition) is 5. The lowest BCUT2D eigenvalue weighted by atomic mass is 9.88. The molecule has 1 N–H and O–H groups in total. The fourth-order valence-corrected chi connectivity index (χ4v) is 2.33. The van der Waals surface area contributed by atoms with Crippen LogP contribution in [0.1, 0.15) is 29.9 Å². The van der Waals surface area contributed by atoms with Gasteiger partial charge in [-0.25, -0.2) is 4.79 Å². The first-order valence-corrected chi connectivity index (χ1v) is 5.22. The molecule has 1 saturated carbocycles. The van der Waals surface area contributed by atoms with Gasteiger partial charge < -0.3 is 14.4 Å². The molecule has 2 rings (SSSR count). The van der Waals surface area contributed by atoms with Gasteiger partial charge in [-0.15, -0.1) is 0 Å². The molecule has 0 spiro atoms. The molecule has 16 heavy (non-hydrogen) atoms. The second-order valence-corrected chi connectivity index (χ2v) is 4.28. The number of aromatic nitrogens is 1. The minimum absolute atomic E-state index is 0.540. The van der Waals surface area contributed by atoms with Crippen LogP contribution in [0.4, 0.5) is 0 Å².